The Morgan fingerprint density at radius 1 is 1.11 bits per heavy atom. The second kappa shape index (κ2) is 13.2. The summed E-state index contributed by atoms with van der Waals surface area (Å²) in [4.78, 5) is 48.2. The minimum atomic E-state index is -0.941. The van der Waals surface area contributed by atoms with Gasteiger partial charge < -0.3 is 9.64 Å². The number of thioether (sulfide) groups is 1. The van der Waals surface area contributed by atoms with Crippen molar-refractivity contribution >= 4 is 35.2 Å². The Bertz CT molecular complexity index is 1580. The molecular formula is C35H38N4O4S. The zero-order valence-electron chi connectivity index (χ0n) is 25.7. The Labute approximate surface area is 263 Å². The van der Waals surface area contributed by atoms with E-state index in [2.05, 4.69) is 26.8 Å². The molecule has 1 aromatic heterocycles. The van der Waals surface area contributed by atoms with Gasteiger partial charge in [-0.15, -0.1) is 0 Å². The molecule has 0 N–H and O–H groups in total. The molecule has 228 valence electrons. The first-order valence-corrected chi connectivity index (χ1v) is 16.1. The number of benzene rings is 2. The lowest BCUT2D eigenvalue weighted by Gasteiger charge is -2.34. The van der Waals surface area contributed by atoms with Gasteiger partial charge in [0.2, 0.25) is 11.8 Å². The molecule has 2 heterocycles. The fourth-order valence-electron chi connectivity index (χ4n) is 5.93. The van der Waals surface area contributed by atoms with Crippen LogP contribution in [0.15, 0.2) is 65.7 Å². The van der Waals surface area contributed by atoms with Crippen molar-refractivity contribution in [3.8, 4) is 11.8 Å². The van der Waals surface area contributed by atoms with Crippen LogP contribution in [0.5, 0.6) is 5.75 Å². The Morgan fingerprint density at radius 3 is 2.50 bits per heavy atom. The lowest BCUT2D eigenvalue weighted by Crippen LogP contribution is -2.45. The molecule has 8 nitrogen and oxygen atoms in total. The van der Waals surface area contributed by atoms with E-state index in [-0.39, 0.29) is 35.9 Å². The Balaban J connectivity index is 1.36. The molecule has 1 aliphatic heterocycles. The Morgan fingerprint density at radius 2 is 1.84 bits per heavy atom. The largest absolute Gasteiger partial charge is 0.494 e. The van der Waals surface area contributed by atoms with Crippen molar-refractivity contribution in [3.05, 3.63) is 83.0 Å². The van der Waals surface area contributed by atoms with Gasteiger partial charge in [-0.05, 0) is 79.0 Å². The van der Waals surface area contributed by atoms with Crippen LogP contribution < -0.4 is 9.64 Å². The summed E-state index contributed by atoms with van der Waals surface area (Å²) in [5, 5.41) is 10.5. The van der Waals surface area contributed by atoms with E-state index in [0.29, 0.717) is 34.6 Å². The molecule has 3 amide bonds. The van der Waals surface area contributed by atoms with Crippen molar-refractivity contribution in [1.82, 2.24) is 9.88 Å². The van der Waals surface area contributed by atoms with E-state index in [1.54, 1.807) is 24.3 Å². The molecule has 0 radical (unpaired) electrons. The van der Waals surface area contributed by atoms with Crippen LogP contribution in [0, 0.1) is 22.7 Å². The summed E-state index contributed by atoms with van der Waals surface area (Å²) >= 11 is 1.21. The average molecular weight is 611 g/mol. The van der Waals surface area contributed by atoms with E-state index >= 15 is 0 Å². The second-order valence-electron chi connectivity index (χ2n) is 12.4. The molecule has 0 saturated carbocycles. The highest BCUT2D eigenvalue weighted by Gasteiger charge is 2.44. The van der Waals surface area contributed by atoms with E-state index in [0.717, 1.165) is 41.0 Å². The molecule has 44 heavy (non-hydrogen) atoms. The standard InChI is InChI=1S/C35H38N4O4S/c1-5-43-28-14-12-27(13-15-28)39-31(40)19-30(34(39)42)38(21-23-9-7-6-8-10-23)32(41)22-44-33-25(20-36)17-24-18-26(35(2,3)4)11-16-29(24)37-33/h6-10,12-15,17,26,30H,5,11,16,18-19,21-22H2,1-4H3. The molecule has 2 atom stereocenters. The third-order valence-corrected chi connectivity index (χ3v) is 9.43. The molecule has 2 aromatic carbocycles. The van der Waals surface area contributed by atoms with E-state index < -0.39 is 11.9 Å². The molecule has 2 aliphatic rings. The molecule has 1 fully saturated rings. The van der Waals surface area contributed by atoms with Crippen molar-refractivity contribution in [2.45, 2.75) is 71.0 Å². The molecule has 5 rings (SSSR count). The van der Waals surface area contributed by atoms with E-state index in [1.165, 1.54) is 16.7 Å². The predicted octanol–water partition coefficient (Wildman–Crippen LogP) is 5.96. The van der Waals surface area contributed by atoms with Crippen LogP contribution >= 0.6 is 11.8 Å². The van der Waals surface area contributed by atoms with Gasteiger partial charge in [0.15, 0.2) is 0 Å². The van der Waals surface area contributed by atoms with Crippen LogP contribution in [0.2, 0.25) is 0 Å². The van der Waals surface area contributed by atoms with Crippen molar-refractivity contribution in [3.63, 3.8) is 0 Å². The summed E-state index contributed by atoms with van der Waals surface area (Å²) in [6, 6.07) is 19.5. The number of amides is 3. The number of imide groups is 1. The van der Waals surface area contributed by atoms with Gasteiger partial charge in [0, 0.05) is 12.2 Å². The van der Waals surface area contributed by atoms with Crippen LogP contribution in [0.1, 0.15) is 62.9 Å². The molecule has 9 heteroatoms. The topological polar surface area (TPSA) is 104 Å². The van der Waals surface area contributed by atoms with Crippen LogP contribution in [0.25, 0.3) is 0 Å². The monoisotopic (exact) mass is 610 g/mol. The number of anilines is 1. The van der Waals surface area contributed by atoms with Gasteiger partial charge in [0.05, 0.1) is 30.0 Å². The molecular weight excluding hydrogens is 572 g/mol. The summed E-state index contributed by atoms with van der Waals surface area (Å²) in [5.41, 5.74) is 4.02. The molecule has 0 bridgehead atoms. The number of carbonyl (C=O) groups excluding carboxylic acids is 3. The number of hydrogen-bond acceptors (Lipinski definition) is 7. The Kier molecular flexibility index (Phi) is 9.40. The normalized spacial score (nSPS) is 18.1. The van der Waals surface area contributed by atoms with Gasteiger partial charge in [-0.3, -0.25) is 14.4 Å². The highest BCUT2D eigenvalue weighted by atomic mass is 32.2. The number of carbonyl (C=O) groups is 3. The van der Waals surface area contributed by atoms with Gasteiger partial charge in [0.1, 0.15) is 22.9 Å². The molecule has 0 spiro atoms. The van der Waals surface area contributed by atoms with Gasteiger partial charge in [-0.1, -0.05) is 62.9 Å². The van der Waals surface area contributed by atoms with Gasteiger partial charge in [0.25, 0.3) is 5.91 Å². The number of nitriles is 1. The number of ether oxygens (including phenoxy) is 1. The van der Waals surface area contributed by atoms with Crippen LogP contribution in [-0.2, 0) is 33.8 Å². The highest BCUT2D eigenvalue weighted by molar-refractivity contribution is 8.00. The summed E-state index contributed by atoms with van der Waals surface area (Å²) < 4.78 is 5.49. The predicted molar refractivity (Wildman–Crippen MR) is 170 cm³/mol. The number of fused-ring (bicyclic) bond motifs is 1. The summed E-state index contributed by atoms with van der Waals surface area (Å²) in [6.45, 7) is 9.31. The number of aryl methyl sites for hydroxylation is 1. The summed E-state index contributed by atoms with van der Waals surface area (Å²) in [7, 11) is 0. The van der Waals surface area contributed by atoms with Crippen LogP contribution in [0.3, 0.4) is 0 Å². The van der Waals surface area contributed by atoms with E-state index in [1.807, 2.05) is 43.3 Å². The van der Waals surface area contributed by atoms with E-state index in [4.69, 9.17) is 9.72 Å². The lowest BCUT2D eigenvalue weighted by molar-refractivity contribution is -0.136. The van der Waals surface area contributed by atoms with E-state index in [9.17, 15) is 19.6 Å². The van der Waals surface area contributed by atoms with Gasteiger partial charge >= 0.3 is 0 Å². The zero-order valence-corrected chi connectivity index (χ0v) is 26.5. The fourth-order valence-corrected chi connectivity index (χ4v) is 6.79. The summed E-state index contributed by atoms with van der Waals surface area (Å²) in [5.74, 6) is 0.0505. The number of nitrogens with zero attached hydrogens (tertiary/aromatic N) is 4. The quantitative estimate of drug-likeness (QED) is 0.218. The molecule has 3 aromatic rings. The minimum Gasteiger partial charge on any atom is -0.494 e. The molecule has 2 unspecified atom stereocenters. The highest BCUT2D eigenvalue weighted by Crippen LogP contribution is 2.38. The number of aromatic nitrogens is 1. The first-order chi connectivity index (χ1) is 21.1. The lowest BCUT2D eigenvalue weighted by atomic mass is 9.71. The average Bonchev–Trinajstić information content (AvgIpc) is 3.31. The van der Waals surface area contributed by atoms with Crippen molar-refractivity contribution < 1.29 is 19.1 Å². The van der Waals surface area contributed by atoms with Crippen molar-refractivity contribution in [2.24, 2.45) is 11.3 Å². The Hall–Kier alpha value is -4.16. The summed E-state index contributed by atoms with van der Waals surface area (Å²) in [6.07, 6.45) is 2.65. The molecule has 1 aliphatic carbocycles. The van der Waals surface area contributed by atoms with Gasteiger partial charge in [-0.2, -0.15) is 5.26 Å². The fraction of sp³-hybridized carbons (Fsp3) is 0.400. The third kappa shape index (κ3) is 6.81. The van der Waals surface area contributed by atoms with Crippen molar-refractivity contribution in [2.75, 3.05) is 17.3 Å². The van der Waals surface area contributed by atoms with Crippen molar-refractivity contribution in [1.29, 1.82) is 5.26 Å². The van der Waals surface area contributed by atoms with Crippen LogP contribution in [0.4, 0.5) is 5.69 Å². The SMILES string of the molecule is CCOc1ccc(N2C(=O)CC(N(Cc3ccccc3)C(=O)CSc3nc4c(cc3C#N)CC(C(C)(C)C)CC4)C2=O)cc1. The van der Waals surface area contributed by atoms with Crippen LogP contribution in [-0.4, -0.2) is 46.0 Å². The number of rotatable bonds is 9. The first-order valence-electron chi connectivity index (χ1n) is 15.1. The molecule has 1 saturated heterocycles. The minimum absolute atomic E-state index is 0.0149. The van der Waals surface area contributed by atoms with Gasteiger partial charge in [-0.25, -0.2) is 9.88 Å². The maximum Gasteiger partial charge on any atom is 0.257 e. The smallest absolute Gasteiger partial charge is 0.257 e. The number of pyridine rings is 1. The maximum atomic E-state index is 13.9. The maximum absolute atomic E-state index is 13.9. The zero-order chi connectivity index (χ0) is 31.4. The second-order valence-corrected chi connectivity index (χ2v) is 13.3. The first kappa shape index (κ1) is 31.3. The number of hydrogen-bond donors (Lipinski definition) is 0. The third-order valence-electron chi connectivity index (χ3n) is 8.45.